The van der Waals surface area contributed by atoms with Crippen LogP contribution in [-0.2, 0) is 4.79 Å². The molecule has 4 rings (SSSR count). The van der Waals surface area contributed by atoms with Gasteiger partial charge in [-0.1, -0.05) is 48.2 Å². The van der Waals surface area contributed by atoms with Crippen LogP contribution in [0.1, 0.15) is 5.56 Å². The van der Waals surface area contributed by atoms with E-state index in [1.165, 1.54) is 11.8 Å². The van der Waals surface area contributed by atoms with Gasteiger partial charge in [-0.25, -0.2) is 0 Å². The second-order valence-corrected chi connectivity index (χ2v) is 6.93. The van der Waals surface area contributed by atoms with E-state index in [9.17, 15) is 4.79 Å². The van der Waals surface area contributed by atoms with Gasteiger partial charge in [-0.3, -0.25) is 9.69 Å². The second-order valence-electron chi connectivity index (χ2n) is 5.26. The molecule has 0 spiro atoms. The molecule has 0 bridgehead atoms. The van der Waals surface area contributed by atoms with Crippen LogP contribution in [0.25, 0.3) is 6.08 Å². The summed E-state index contributed by atoms with van der Waals surface area (Å²) in [7, 11) is 0. The Bertz CT molecular complexity index is 849. The lowest BCUT2D eigenvalue weighted by atomic mass is 10.1. The standard InChI is InChI=1S/C18H13NO3S2/c20-17-16(24-18(23)19(17)13-4-2-1-3-5-13)11-12-6-7-14-15(10-12)22-9-8-21-14/h1-7,10-11H,8-9H2. The Morgan fingerprint density at radius 1 is 1.04 bits per heavy atom. The van der Waals surface area contributed by atoms with Crippen molar-refractivity contribution in [2.24, 2.45) is 0 Å². The first-order valence-electron chi connectivity index (χ1n) is 7.45. The van der Waals surface area contributed by atoms with E-state index < -0.39 is 0 Å². The van der Waals surface area contributed by atoms with Gasteiger partial charge in [0.1, 0.15) is 13.2 Å². The topological polar surface area (TPSA) is 38.8 Å². The molecule has 2 heterocycles. The number of hydrogen-bond donors (Lipinski definition) is 0. The lowest BCUT2D eigenvalue weighted by Crippen LogP contribution is -2.27. The van der Waals surface area contributed by atoms with Gasteiger partial charge in [-0.05, 0) is 35.9 Å². The zero-order valence-electron chi connectivity index (χ0n) is 12.6. The van der Waals surface area contributed by atoms with E-state index >= 15 is 0 Å². The molecule has 120 valence electrons. The Balaban J connectivity index is 1.64. The highest BCUT2D eigenvalue weighted by molar-refractivity contribution is 8.27. The molecular formula is C18H13NO3S2. The molecule has 0 atom stereocenters. The van der Waals surface area contributed by atoms with Gasteiger partial charge in [0.2, 0.25) is 0 Å². The Labute approximate surface area is 149 Å². The maximum absolute atomic E-state index is 12.7. The average molecular weight is 355 g/mol. The molecule has 2 aliphatic heterocycles. The maximum Gasteiger partial charge on any atom is 0.270 e. The molecule has 0 aliphatic carbocycles. The number of hydrogen-bond acceptors (Lipinski definition) is 5. The molecule has 2 aromatic carbocycles. The molecule has 0 aromatic heterocycles. The summed E-state index contributed by atoms with van der Waals surface area (Å²) in [4.78, 5) is 14.9. The lowest BCUT2D eigenvalue weighted by Gasteiger charge is -2.18. The molecule has 6 heteroatoms. The number of amides is 1. The van der Waals surface area contributed by atoms with E-state index in [1.54, 1.807) is 4.90 Å². The van der Waals surface area contributed by atoms with Crippen molar-refractivity contribution in [2.45, 2.75) is 0 Å². The van der Waals surface area contributed by atoms with Gasteiger partial charge in [-0.15, -0.1) is 0 Å². The molecule has 0 N–H and O–H groups in total. The Kier molecular flexibility index (Phi) is 4.00. The zero-order valence-corrected chi connectivity index (χ0v) is 14.2. The van der Waals surface area contributed by atoms with Crippen LogP contribution >= 0.6 is 24.0 Å². The van der Waals surface area contributed by atoms with Crippen molar-refractivity contribution in [1.29, 1.82) is 0 Å². The van der Waals surface area contributed by atoms with Gasteiger partial charge in [0.05, 0.1) is 10.6 Å². The van der Waals surface area contributed by atoms with Gasteiger partial charge in [0.25, 0.3) is 5.91 Å². The van der Waals surface area contributed by atoms with Crippen LogP contribution in [0.2, 0.25) is 0 Å². The number of fused-ring (bicyclic) bond motifs is 1. The predicted octanol–water partition coefficient (Wildman–Crippen LogP) is 3.86. The summed E-state index contributed by atoms with van der Waals surface area (Å²) >= 11 is 6.68. The van der Waals surface area contributed by atoms with Gasteiger partial charge in [0, 0.05) is 0 Å². The minimum atomic E-state index is -0.105. The number of thiocarbonyl (C=S) groups is 1. The molecule has 1 fully saturated rings. The van der Waals surface area contributed by atoms with E-state index in [-0.39, 0.29) is 5.91 Å². The van der Waals surface area contributed by atoms with Crippen molar-refractivity contribution >= 4 is 46.0 Å². The minimum Gasteiger partial charge on any atom is -0.486 e. The first-order chi connectivity index (χ1) is 11.7. The highest BCUT2D eigenvalue weighted by atomic mass is 32.2. The maximum atomic E-state index is 12.7. The van der Waals surface area contributed by atoms with E-state index in [1.807, 2.05) is 54.6 Å². The summed E-state index contributed by atoms with van der Waals surface area (Å²) in [6, 6.07) is 15.1. The van der Waals surface area contributed by atoms with Crippen molar-refractivity contribution in [3.05, 3.63) is 59.0 Å². The fraction of sp³-hybridized carbons (Fsp3) is 0.111. The average Bonchev–Trinajstić information content (AvgIpc) is 2.89. The van der Waals surface area contributed by atoms with Gasteiger partial charge in [0.15, 0.2) is 15.8 Å². The summed E-state index contributed by atoms with van der Waals surface area (Å²) in [5.41, 5.74) is 1.67. The fourth-order valence-corrected chi connectivity index (χ4v) is 3.87. The smallest absolute Gasteiger partial charge is 0.270 e. The Hall–Kier alpha value is -2.31. The molecule has 1 amide bonds. The molecule has 0 saturated carbocycles. The summed E-state index contributed by atoms with van der Waals surface area (Å²) in [6.07, 6.45) is 1.83. The number of carbonyl (C=O) groups excluding carboxylic acids is 1. The third-order valence-electron chi connectivity index (χ3n) is 3.67. The third kappa shape index (κ3) is 2.79. The molecule has 2 aliphatic rings. The number of para-hydroxylation sites is 1. The van der Waals surface area contributed by atoms with Gasteiger partial charge < -0.3 is 9.47 Å². The largest absolute Gasteiger partial charge is 0.486 e. The van der Waals surface area contributed by atoms with Crippen LogP contribution in [0, 0.1) is 0 Å². The van der Waals surface area contributed by atoms with Crippen molar-refractivity contribution < 1.29 is 14.3 Å². The van der Waals surface area contributed by atoms with E-state index in [2.05, 4.69) is 0 Å². The first kappa shape index (κ1) is 15.2. The minimum absolute atomic E-state index is 0.105. The number of anilines is 1. The molecule has 4 nitrogen and oxygen atoms in total. The van der Waals surface area contributed by atoms with Gasteiger partial charge in [-0.2, -0.15) is 0 Å². The molecule has 2 aromatic rings. The number of rotatable bonds is 2. The predicted molar refractivity (Wildman–Crippen MR) is 99.5 cm³/mol. The van der Waals surface area contributed by atoms with E-state index in [0.717, 1.165) is 17.0 Å². The zero-order chi connectivity index (χ0) is 16.5. The normalized spacial score (nSPS) is 18.3. The van der Waals surface area contributed by atoms with Gasteiger partial charge >= 0.3 is 0 Å². The SMILES string of the molecule is O=C1C(=Cc2ccc3c(c2)OCCO3)SC(=S)N1c1ccccc1. The highest BCUT2D eigenvalue weighted by Crippen LogP contribution is 2.37. The van der Waals surface area contributed by atoms with Crippen LogP contribution in [-0.4, -0.2) is 23.4 Å². The number of ether oxygens (including phenoxy) is 2. The lowest BCUT2D eigenvalue weighted by molar-refractivity contribution is -0.113. The first-order valence-corrected chi connectivity index (χ1v) is 8.67. The third-order valence-corrected chi connectivity index (χ3v) is 4.97. The molecule has 0 radical (unpaired) electrons. The van der Waals surface area contributed by atoms with Crippen LogP contribution in [0.3, 0.4) is 0 Å². The molecule has 0 unspecified atom stereocenters. The molecular weight excluding hydrogens is 342 g/mol. The second kappa shape index (κ2) is 6.30. The van der Waals surface area contributed by atoms with Crippen LogP contribution in [0.15, 0.2) is 53.4 Å². The quantitative estimate of drug-likeness (QED) is 0.604. The number of carbonyl (C=O) groups is 1. The highest BCUT2D eigenvalue weighted by Gasteiger charge is 2.33. The van der Waals surface area contributed by atoms with Crippen molar-refractivity contribution in [3.63, 3.8) is 0 Å². The number of thioether (sulfide) groups is 1. The van der Waals surface area contributed by atoms with E-state index in [0.29, 0.717) is 28.2 Å². The molecule has 24 heavy (non-hydrogen) atoms. The van der Waals surface area contributed by atoms with Crippen molar-refractivity contribution in [3.8, 4) is 11.5 Å². The summed E-state index contributed by atoms with van der Waals surface area (Å²) in [5, 5.41) is 0. The Morgan fingerprint density at radius 3 is 2.58 bits per heavy atom. The van der Waals surface area contributed by atoms with Crippen LogP contribution in [0.5, 0.6) is 11.5 Å². The number of benzene rings is 2. The van der Waals surface area contributed by atoms with Crippen LogP contribution < -0.4 is 14.4 Å². The fourth-order valence-electron chi connectivity index (χ4n) is 2.57. The van der Waals surface area contributed by atoms with E-state index in [4.69, 9.17) is 21.7 Å². The monoisotopic (exact) mass is 355 g/mol. The summed E-state index contributed by atoms with van der Waals surface area (Å²) in [5.74, 6) is 1.33. The summed E-state index contributed by atoms with van der Waals surface area (Å²) < 4.78 is 11.6. The van der Waals surface area contributed by atoms with Crippen molar-refractivity contribution in [2.75, 3.05) is 18.1 Å². The van der Waals surface area contributed by atoms with Crippen LogP contribution in [0.4, 0.5) is 5.69 Å². The summed E-state index contributed by atoms with van der Waals surface area (Å²) in [6.45, 7) is 1.09. The molecule has 1 saturated heterocycles. The Morgan fingerprint density at radius 2 is 1.79 bits per heavy atom. The number of nitrogens with zero attached hydrogens (tertiary/aromatic N) is 1. The van der Waals surface area contributed by atoms with Crippen molar-refractivity contribution in [1.82, 2.24) is 0 Å².